The number of nitrogens with one attached hydrogen (secondary N) is 1. The number of nitrogens with two attached hydrogens (primary N) is 1. The highest BCUT2D eigenvalue weighted by Crippen LogP contribution is 2.23. The molecule has 0 fully saturated rings. The van der Waals surface area contributed by atoms with Crippen molar-refractivity contribution in [3.05, 3.63) is 30.0 Å². The van der Waals surface area contributed by atoms with Gasteiger partial charge < -0.3 is 25.3 Å². The molecule has 178 valence electrons. The third-order valence-electron chi connectivity index (χ3n) is 5.59. The number of carbonyl (C=O) groups is 2. The van der Waals surface area contributed by atoms with Crippen molar-refractivity contribution in [2.75, 3.05) is 13.2 Å². The van der Waals surface area contributed by atoms with E-state index in [0.717, 1.165) is 35.7 Å². The standard InChI is InChI=1S/C25H38N2O5/c1-2-3-4-5-6-7-8-9-10-11-14-31-24(29)18-32-25(30)22(26)15-19-17-27-23-13-12-20(28)16-21(19)23/h12-13,16-17,22,27-28H,2-11,14-15,18,26H2,1H3/t22-/m0/s1. The predicted molar refractivity (Wildman–Crippen MR) is 125 cm³/mol. The smallest absolute Gasteiger partial charge is 0.344 e. The molecule has 0 aliphatic carbocycles. The van der Waals surface area contributed by atoms with Gasteiger partial charge in [0.1, 0.15) is 11.8 Å². The zero-order valence-corrected chi connectivity index (χ0v) is 19.2. The van der Waals surface area contributed by atoms with Crippen LogP contribution in [0.3, 0.4) is 0 Å². The van der Waals surface area contributed by atoms with Gasteiger partial charge in [0.05, 0.1) is 6.61 Å². The lowest BCUT2D eigenvalue weighted by molar-refractivity contribution is -0.159. The summed E-state index contributed by atoms with van der Waals surface area (Å²) in [6.07, 6.45) is 14.1. The number of fused-ring (bicyclic) bond motifs is 1. The average molecular weight is 447 g/mol. The number of H-pyrrole nitrogens is 1. The van der Waals surface area contributed by atoms with Crippen LogP contribution in [-0.4, -0.2) is 41.3 Å². The Morgan fingerprint density at radius 1 is 1.00 bits per heavy atom. The molecule has 7 heteroatoms. The lowest BCUT2D eigenvalue weighted by atomic mass is 10.1. The van der Waals surface area contributed by atoms with E-state index >= 15 is 0 Å². The zero-order chi connectivity index (χ0) is 23.2. The topological polar surface area (TPSA) is 115 Å². The number of esters is 2. The summed E-state index contributed by atoms with van der Waals surface area (Å²) in [6, 6.07) is 4.04. The Morgan fingerprint density at radius 3 is 2.34 bits per heavy atom. The summed E-state index contributed by atoms with van der Waals surface area (Å²) < 4.78 is 10.1. The molecular formula is C25H38N2O5. The highest BCUT2D eigenvalue weighted by molar-refractivity contribution is 5.86. The van der Waals surface area contributed by atoms with Crippen LogP contribution in [0.4, 0.5) is 0 Å². The van der Waals surface area contributed by atoms with Crippen molar-refractivity contribution < 1.29 is 24.2 Å². The van der Waals surface area contributed by atoms with Crippen LogP contribution in [0.25, 0.3) is 10.9 Å². The molecule has 0 bridgehead atoms. The first-order valence-corrected chi connectivity index (χ1v) is 11.9. The normalized spacial score (nSPS) is 12.1. The summed E-state index contributed by atoms with van der Waals surface area (Å²) in [6.45, 7) is 2.14. The number of phenols is 1. The second-order valence-corrected chi connectivity index (χ2v) is 8.36. The Morgan fingerprint density at radius 2 is 1.66 bits per heavy atom. The molecule has 1 heterocycles. The SMILES string of the molecule is CCCCCCCCCCCCOC(=O)COC(=O)[C@@H](N)Cc1c[nH]c2ccc(O)cc12. The second-order valence-electron chi connectivity index (χ2n) is 8.36. The fourth-order valence-electron chi connectivity index (χ4n) is 3.71. The lowest BCUT2D eigenvalue weighted by Gasteiger charge is -2.11. The summed E-state index contributed by atoms with van der Waals surface area (Å²) in [7, 11) is 0. The van der Waals surface area contributed by atoms with Crippen molar-refractivity contribution in [1.82, 2.24) is 4.98 Å². The van der Waals surface area contributed by atoms with Crippen LogP contribution in [0.1, 0.15) is 76.7 Å². The molecule has 0 radical (unpaired) electrons. The molecule has 0 unspecified atom stereocenters. The van der Waals surface area contributed by atoms with Crippen LogP contribution >= 0.6 is 0 Å². The number of hydrogen-bond donors (Lipinski definition) is 3. The largest absolute Gasteiger partial charge is 0.508 e. The third kappa shape index (κ3) is 9.30. The molecule has 2 rings (SSSR count). The highest BCUT2D eigenvalue weighted by atomic mass is 16.6. The summed E-state index contributed by atoms with van der Waals surface area (Å²) in [4.78, 5) is 27.0. The molecule has 0 saturated carbocycles. The molecule has 1 atom stereocenters. The van der Waals surface area contributed by atoms with Crippen LogP contribution < -0.4 is 5.73 Å². The Balaban J connectivity index is 1.54. The molecule has 7 nitrogen and oxygen atoms in total. The summed E-state index contributed by atoms with van der Waals surface area (Å²) >= 11 is 0. The van der Waals surface area contributed by atoms with Crippen LogP contribution in [0.15, 0.2) is 24.4 Å². The van der Waals surface area contributed by atoms with E-state index < -0.39 is 24.6 Å². The molecule has 0 aliphatic heterocycles. The molecule has 1 aromatic carbocycles. The maximum Gasteiger partial charge on any atom is 0.344 e. The Hall–Kier alpha value is -2.54. The Kier molecular flexibility index (Phi) is 11.7. The van der Waals surface area contributed by atoms with E-state index in [-0.39, 0.29) is 12.2 Å². The molecule has 32 heavy (non-hydrogen) atoms. The second kappa shape index (κ2) is 14.5. The number of carbonyl (C=O) groups excluding carboxylic acids is 2. The Bertz CT molecular complexity index is 833. The van der Waals surface area contributed by atoms with Gasteiger partial charge in [-0.1, -0.05) is 64.7 Å². The maximum absolute atomic E-state index is 12.1. The molecule has 2 aromatic rings. The number of ether oxygens (including phenoxy) is 2. The van der Waals surface area contributed by atoms with Crippen molar-refractivity contribution in [3.8, 4) is 5.75 Å². The van der Waals surface area contributed by atoms with E-state index in [1.165, 1.54) is 44.9 Å². The maximum atomic E-state index is 12.1. The third-order valence-corrected chi connectivity index (χ3v) is 5.59. The number of phenolic OH excluding ortho intramolecular Hbond substituents is 1. The zero-order valence-electron chi connectivity index (χ0n) is 19.2. The van der Waals surface area contributed by atoms with Gasteiger partial charge >= 0.3 is 11.9 Å². The average Bonchev–Trinajstić information content (AvgIpc) is 3.17. The van der Waals surface area contributed by atoms with Crippen molar-refractivity contribution in [2.45, 2.75) is 83.6 Å². The van der Waals surface area contributed by atoms with Gasteiger partial charge in [0.2, 0.25) is 0 Å². The number of unbranched alkanes of at least 4 members (excludes halogenated alkanes) is 9. The number of aromatic amines is 1. The summed E-state index contributed by atoms with van der Waals surface area (Å²) in [5, 5.41) is 10.4. The van der Waals surface area contributed by atoms with Gasteiger partial charge in [-0.15, -0.1) is 0 Å². The quantitative estimate of drug-likeness (QED) is 0.253. The van der Waals surface area contributed by atoms with Gasteiger partial charge in [0, 0.05) is 23.5 Å². The molecule has 4 N–H and O–H groups in total. The first-order valence-electron chi connectivity index (χ1n) is 11.9. The van der Waals surface area contributed by atoms with E-state index in [2.05, 4.69) is 11.9 Å². The van der Waals surface area contributed by atoms with Crippen LogP contribution in [0.5, 0.6) is 5.75 Å². The van der Waals surface area contributed by atoms with E-state index in [9.17, 15) is 14.7 Å². The number of aromatic hydroxyl groups is 1. The molecule has 0 saturated heterocycles. The van der Waals surface area contributed by atoms with Crippen molar-refractivity contribution in [1.29, 1.82) is 0 Å². The van der Waals surface area contributed by atoms with Gasteiger partial charge in [-0.05, 0) is 30.2 Å². The first kappa shape index (κ1) is 25.7. The monoisotopic (exact) mass is 446 g/mol. The Labute approximate surface area is 190 Å². The van der Waals surface area contributed by atoms with Crippen LogP contribution in [0, 0.1) is 0 Å². The minimum atomic E-state index is -0.911. The summed E-state index contributed by atoms with van der Waals surface area (Å²) in [5.41, 5.74) is 7.57. The number of benzene rings is 1. The molecular weight excluding hydrogens is 408 g/mol. The van der Waals surface area contributed by atoms with Crippen molar-refractivity contribution >= 4 is 22.8 Å². The first-order chi connectivity index (χ1) is 15.5. The molecule has 0 spiro atoms. The van der Waals surface area contributed by atoms with Crippen LogP contribution in [0.2, 0.25) is 0 Å². The van der Waals surface area contributed by atoms with Crippen LogP contribution in [-0.2, 0) is 25.5 Å². The van der Waals surface area contributed by atoms with E-state index in [4.69, 9.17) is 15.2 Å². The summed E-state index contributed by atoms with van der Waals surface area (Å²) in [5.74, 6) is -1.08. The van der Waals surface area contributed by atoms with E-state index in [1.54, 1.807) is 24.4 Å². The number of aromatic nitrogens is 1. The molecule has 1 aromatic heterocycles. The molecule has 0 amide bonds. The minimum absolute atomic E-state index is 0.139. The van der Waals surface area contributed by atoms with Crippen molar-refractivity contribution in [3.63, 3.8) is 0 Å². The van der Waals surface area contributed by atoms with Crippen molar-refractivity contribution in [2.24, 2.45) is 5.73 Å². The highest BCUT2D eigenvalue weighted by Gasteiger charge is 2.19. The van der Waals surface area contributed by atoms with Gasteiger partial charge in [-0.25, -0.2) is 4.79 Å². The lowest BCUT2D eigenvalue weighted by Crippen LogP contribution is -2.35. The fraction of sp³-hybridized carbons (Fsp3) is 0.600. The fourth-order valence-corrected chi connectivity index (χ4v) is 3.71. The number of hydrogen-bond acceptors (Lipinski definition) is 6. The van der Waals surface area contributed by atoms with Gasteiger partial charge in [-0.3, -0.25) is 4.79 Å². The van der Waals surface area contributed by atoms with Gasteiger partial charge in [-0.2, -0.15) is 0 Å². The van der Waals surface area contributed by atoms with Gasteiger partial charge in [0.15, 0.2) is 6.61 Å². The van der Waals surface area contributed by atoms with E-state index in [0.29, 0.717) is 6.61 Å². The predicted octanol–water partition coefficient (Wildman–Crippen LogP) is 4.75. The minimum Gasteiger partial charge on any atom is -0.508 e. The van der Waals surface area contributed by atoms with Gasteiger partial charge in [0.25, 0.3) is 0 Å². The van der Waals surface area contributed by atoms with E-state index in [1.807, 2.05) is 0 Å². The number of rotatable bonds is 16. The molecule has 0 aliphatic rings.